The maximum Gasteiger partial charge on any atom is 0.231 e. The molecular weight excluding hydrogens is 333 g/mol. The van der Waals surface area contributed by atoms with Crippen LogP contribution in [0.3, 0.4) is 0 Å². The molecule has 1 aromatic heterocycles. The molecule has 0 bridgehead atoms. The molecule has 1 saturated heterocycles. The number of aromatic nitrogens is 2. The van der Waals surface area contributed by atoms with Gasteiger partial charge in [0.25, 0.3) is 0 Å². The molecule has 6 heteroatoms. The minimum Gasteiger partial charge on any atom is -0.381 e. The maximum absolute atomic E-state index is 13.8. The molecule has 0 saturated carbocycles. The van der Waals surface area contributed by atoms with Crippen molar-refractivity contribution in [1.29, 1.82) is 0 Å². The van der Waals surface area contributed by atoms with Gasteiger partial charge < -0.3 is 10.1 Å². The predicted octanol–water partition coefficient (Wildman–Crippen LogP) is 2.80. The summed E-state index contributed by atoms with van der Waals surface area (Å²) in [7, 11) is 1.91. The van der Waals surface area contributed by atoms with Crippen LogP contribution in [0.4, 0.5) is 4.39 Å². The van der Waals surface area contributed by atoms with Gasteiger partial charge in [0, 0.05) is 32.0 Å². The normalized spacial score (nSPS) is 21.8. The van der Waals surface area contributed by atoms with Gasteiger partial charge in [-0.05, 0) is 49.8 Å². The summed E-state index contributed by atoms with van der Waals surface area (Å²) in [5, 5.41) is 7.75. The summed E-state index contributed by atoms with van der Waals surface area (Å²) in [6.07, 6.45) is 5.98. The Balaban J connectivity index is 1.64. The number of hydrogen-bond donors (Lipinski definition) is 1. The Morgan fingerprint density at radius 3 is 2.96 bits per heavy atom. The molecular formula is C20H24FN3O2. The molecule has 1 N–H and O–H groups in total. The third-order valence-corrected chi connectivity index (χ3v) is 5.68. The molecule has 2 aliphatic rings. The molecule has 4 rings (SSSR count). The highest BCUT2D eigenvalue weighted by molar-refractivity contribution is 5.88. The van der Waals surface area contributed by atoms with Crippen molar-refractivity contribution in [3.63, 3.8) is 0 Å². The first-order chi connectivity index (χ1) is 12.6. The quantitative estimate of drug-likeness (QED) is 0.919. The summed E-state index contributed by atoms with van der Waals surface area (Å²) >= 11 is 0. The number of rotatable bonds is 3. The van der Waals surface area contributed by atoms with Crippen LogP contribution in [0.1, 0.15) is 48.5 Å². The Kier molecular flexibility index (Phi) is 4.53. The maximum atomic E-state index is 13.8. The second kappa shape index (κ2) is 6.83. The van der Waals surface area contributed by atoms with Crippen molar-refractivity contribution in [2.24, 2.45) is 7.05 Å². The van der Waals surface area contributed by atoms with Crippen LogP contribution in [0.5, 0.6) is 0 Å². The van der Waals surface area contributed by atoms with Gasteiger partial charge in [-0.25, -0.2) is 4.39 Å². The van der Waals surface area contributed by atoms with E-state index in [0.29, 0.717) is 26.1 Å². The van der Waals surface area contributed by atoms with E-state index in [1.165, 1.54) is 12.1 Å². The highest BCUT2D eigenvalue weighted by Gasteiger charge is 2.43. The summed E-state index contributed by atoms with van der Waals surface area (Å²) in [4.78, 5) is 13.4. The monoisotopic (exact) mass is 357 g/mol. The zero-order valence-electron chi connectivity index (χ0n) is 15.0. The van der Waals surface area contributed by atoms with Crippen LogP contribution in [0.15, 0.2) is 30.5 Å². The summed E-state index contributed by atoms with van der Waals surface area (Å²) in [5.74, 6) is -0.346. The molecule has 1 aromatic carbocycles. The lowest BCUT2D eigenvalue weighted by atomic mass is 9.73. The Morgan fingerprint density at radius 2 is 2.19 bits per heavy atom. The highest BCUT2D eigenvalue weighted by Crippen LogP contribution is 2.37. The molecule has 1 amide bonds. The second-order valence-electron chi connectivity index (χ2n) is 7.33. The molecule has 138 valence electrons. The van der Waals surface area contributed by atoms with E-state index in [0.717, 1.165) is 36.1 Å². The second-order valence-corrected chi connectivity index (χ2v) is 7.33. The van der Waals surface area contributed by atoms with Gasteiger partial charge in [-0.3, -0.25) is 9.48 Å². The average molecular weight is 357 g/mol. The number of hydrogen-bond acceptors (Lipinski definition) is 3. The largest absolute Gasteiger partial charge is 0.381 e. The van der Waals surface area contributed by atoms with E-state index in [-0.39, 0.29) is 17.8 Å². The molecule has 0 radical (unpaired) electrons. The molecule has 2 heterocycles. The van der Waals surface area contributed by atoms with Gasteiger partial charge in [-0.1, -0.05) is 12.1 Å². The van der Waals surface area contributed by atoms with Crippen molar-refractivity contribution in [3.8, 4) is 0 Å². The number of carbonyl (C=O) groups excluding carboxylic acids is 1. The van der Waals surface area contributed by atoms with Gasteiger partial charge in [0.05, 0.1) is 17.2 Å². The van der Waals surface area contributed by atoms with Crippen molar-refractivity contribution in [3.05, 3.63) is 53.1 Å². The van der Waals surface area contributed by atoms with E-state index in [1.807, 2.05) is 24.0 Å². The van der Waals surface area contributed by atoms with Crippen LogP contribution < -0.4 is 5.32 Å². The molecule has 26 heavy (non-hydrogen) atoms. The molecule has 0 spiro atoms. The fourth-order valence-corrected chi connectivity index (χ4v) is 4.27. The lowest BCUT2D eigenvalue weighted by Gasteiger charge is -2.38. The number of ether oxygens (including phenoxy) is 1. The molecule has 1 aliphatic carbocycles. The van der Waals surface area contributed by atoms with E-state index in [2.05, 4.69) is 10.4 Å². The van der Waals surface area contributed by atoms with Crippen molar-refractivity contribution < 1.29 is 13.9 Å². The molecule has 5 nitrogen and oxygen atoms in total. The Morgan fingerprint density at radius 1 is 1.38 bits per heavy atom. The summed E-state index contributed by atoms with van der Waals surface area (Å²) in [6, 6.07) is 6.39. The molecule has 1 unspecified atom stereocenters. The van der Waals surface area contributed by atoms with Crippen LogP contribution >= 0.6 is 0 Å². The first kappa shape index (κ1) is 17.2. The Bertz CT molecular complexity index is 811. The number of nitrogens with one attached hydrogen (secondary N) is 1. The van der Waals surface area contributed by atoms with Crippen LogP contribution in [0.25, 0.3) is 0 Å². The number of nitrogens with zero attached hydrogens (tertiary/aromatic N) is 2. The Hall–Kier alpha value is -2.21. The predicted molar refractivity (Wildman–Crippen MR) is 95.2 cm³/mol. The fourth-order valence-electron chi connectivity index (χ4n) is 4.27. The van der Waals surface area contributed by atoms with Crippen molar-refractivity contribution in [2.45, 2.75) is 43.6 Å². The first-order valence-corrected chi connectivity index (χ1v) is 9.26. The topological polar surface area (TPSA) is 56.2 Å². The Labute approximate surface area is 152 Å². The lowest BCUT2D eigenvalue weighted by Crippen LogP contribution is -2.49. The van der Waals surface area contributed by atoms with E-state index in [4.69, 9.17) is 4.74 Å². The first-order valence-electron chi connectivity index (χ1n) is 9.26. The summed E-state index contributed by atoms with van der Waals surface area (Å²) in [5.41, 5.74) is 2.17. The van der Waals surface area contributed by atoms with Crippen LogP contribution in [-0.2, 0) is 28.4 Å². The summed E-state index contributed by atoms with van der Waals surface area (Å²) in [6.45, 7) is 1.01. The fraction of sp³-hybridized carbons (Fsp3) is 0.500. The third-order valence-electron chi connectivity index (χ3n) is 5.68. The van der Waals surface area contributed by atoms with Gasteiger partial charge >= 0.3 is 0 Å². The molecule has 1 aliphatic heterocycles. The SMILES string of the molecule is Cn1cc2c(n1)CCCC2NC(=O)C1(c2cccc(F)c2)CCOCC1. The van der Waals surface area contributed by atoms with Crippen LogP contribution in [0, 0.1) is 5.82 Å². The zero-order chi connectivity index (χ0) is 18.1. The van der Waals surface area contributed by atoms with E-state index in [9.17, 15) is 9.18 Å². The number of halogens is 1. The van der Waals surface area contributed by atoms with Gasteiger partial charge in [-0.15, -0.1) is 0 Å². The van der Waals surface area contributed by atoms with E-state index >= 15 is 0 Å². The number of fused-ring (bicyclic) bond motifs is 1. The number of amides is 1. The minimum absolute atomic E-state index is 0.0340. The van der Waals surface area contributed by atoms with E-state index < -0.39 is 5.41 Å². The summed E-state index contributed by atoms with van der Waals surface area (Å²) < 4.78 is 21.1. The van der Waals surface area contributed by atoms with Gasteiger partial charge in [0.2, 0.25) is 5.91 Å². The van der Waals surface area contributed by atoms with Crippen molar-refractivity contribution >= 4 is 5.91 Å². The van der Waals surface area contributed by atoms with Gasteiger partial charge in [0.1, 0.15) is 5.82 Å². The van der Waals surface area contributed by atoms with Gasteiger partial charge in [0.15, 0.2) is 0 Å². The minimum atomic E-state index is -0.736. The number of benzene rings is 1. The highest BCUT2D eigenvalue weighted by atomic mass is 19.1. The lowest BCUT2D eigenvalue weighted by molar-refractivity contribution is -0.131. The van der Waals surface area contributed by atoms with Crippen LogP contribution in [0.2, 0.25) is 0 Å². The average Bonchev–Trinajstić information content (AvgIpc) is 3.03. The van der Waals surface area contributed by atoms with Crippen molar-refractivity contribution in [2.75, 3.05) is 13.2 Å². The molecule has 1 atom stereocenters. The van der Waals surface area contributed by atoms with Crippen LogP contribution in [-0.4, -0.2) is 28.9 Å². The zero-order valence-corrected chi connectivity index (χ0v) is 15.0. The molecule has 1 fully saturated rings. The third kappa shape index (κ3) is 3.03. The molecule has 2 aromatic rings. The van der Waals surface area contributed by atoms with E-state index in [1.54, 1.807) is 6.07 Å². The standard InChI is InChI=1S/C20H24FN3O2/c1-24-13-16-17(6-3-7-18(16)23-24)22-19(25)20(8-10-26-11-9-20)14-4-2-5-15(21)12-14/h2,4-5,12-13,17H,3,6-11H2,1H3,(H,22,25). The number of carbonyl (C=O) groups is 1. The van der Waals surface area contributed by atoms with Gasteiger partial charge in [-0.2, -0.15) is 5.10 Å². The smallest absolute Gasteiger partial charge is 0.231 e. The number of aryl methyl sites for hydroxylation is 2. The van der Waals surface area contributed by atoms with Crippen molar-refractivity contribution in [1.82, 2.24) is 15.1 Å².